The van der Waals surface area contributed by atoms with Crippen molar-refractivity contribution < 1.29 is 9.90 Å². The van der Waals surface area contributed by atoms with E-state index in [2.05, 4.69) is 26.1 Å². The van der Waals surface area contributed by atoms with Crippen molar-refractivity contribution >= 4 is 5.91 Å². The molecule has 2 aliphatic rings. The van der Waals surface area contributed by atoms with Crippen LogP contribution in [0.3, 0.4) is 0 Å². The third-order valence-electron chi connectivity index (χ3n) is 4.98. The number of carbonyl (C=O) groups excluding carboxylic acids is 1. The van der Waals surface area contributed by atoms with Gasteiger partial charge in [-0.05, 0) is 37.0 Å². The minimum atomic E-state index is -1.20. The molecule has 4 heteroatoms. The summed E-state index contributed by atoms with van der Waals surface area (Å²) < 4.78 is 0. The predicted molar refractivity (Wildman–Crippen MR) is 89.7 cm³/mol. The lowest BCUT2D eigenvalue weighted by Crippen LogP contribution is -2.59. The van der Waals surface area contributed by atoms with Crippen LogP contribution in [0.4, 0.5) is 0 Å². The summed E-state index contributed by atoms with van der Waals surface area (Å²) >= 11 is 0. The molecule has 2 rings (SSSR count). The number of likely N-dealkylation sites (tertiary alicyclic amines) is 1. The van der Waals surface area contributed by atoms with Gasteiger partial charge < -0.3 is 15.3 Å². The van der Waals surface area contributed by atoms with Crippen LogP contribution < -0.4 is 5.32 Å². The van der Waals surface area contributed by atoms with Gasteiger partial charge in [-0.2, -0.15) is 0 Å². The smallest absolute Gasteiger partial charge is 0.255 e. The second kappa shape index (κ2) is 7.31. The van der Waals surface area contributed by atoms with Gasteiger partial charge in [0.15, 0.2) is 5.60 Å². The van der Waals surface area contributed by atoms with Crippen LogP contribution in [0.2, 0.25) is 0 Å². The van der Waals surface area contributed by atoms with Crippen molar-refractivity contribution in [3.05, 3.63) is 0 Å². The third kappa shape index (κ3) is 4.95. The molecular weight excluding hydrogens is 276 g/mol. The normalized spacial score (nSPS) is 28.2. The molecule has 2 N–H and O–H groups in total. The van der Waals surface area contributed by atoms with Crippen molar-refractivity contribution in [1.29, 1.82) is 0 Å². The van der Waals surface area contributed by atoms with Crippen molar-refractivity contribution in [2.45, 2.75) is 71.3 Å². The van der Waals surface area contributed by atoms with E-state index in [4.69, 9.17) is 0 Å². The third-order valence-corrected chi connectivity index (χ3v) is 4.98. The summed E-state index contributed by atoms with van der Waals surface area (Å²) in [5.41, 5.74) is -1.03. The first kappa shape index (κ1) is 17.7. The molecule has 0 aromatic rings. The summed E-state index contributed by atoms with van der Waals surface area (Å²) in [6, 6.07) is 0. The summed E-state index contributed by atoms with van der Waals surface area (Å²) in [6.07, 6.45) is 7.91. The lowest BCUT2D eigenvalue weighted by molar-refractivity contribution is -0.157. The molecule has 22 heavy (non-hydrogen) atoms. The van der Waals surface area contributed by atoms with E-state index in [9.17, 15) is 9.90 Å². The van der Waals surface area contributed by atoms with E-state index in [0.717, 1.165) is 26.1 Å². The average Bonchev–Trinajstić information content (AvgIpc) is 2.44. The highest BCUT2D eigenvalue weighted by Crippen LogP contribution is 2.28. The number of nitrogens with zero attached hydrogens (tertiary/aromatic N) is 1. The molecule has 1 heterocycles. The molecule has 1 saturated heterocycles. The summed E-state index contributed by atoms with van der Waals surface area (Å²) in [4.78, 5) is 14.6. The van der Waals surface area contributed by atoms with E-state index >= 15 is 0 Å². The second-order valence-electron chi connectivity index (χ2n) is 8.55. The summed E-state index contributed by atoms with van der Waals surface area (Å²) in [6.45, 7) is 9.32. The van der Waals surface area contributed by atoms with E-state index in [-0.39, 0.29) is 11.3 Å². The van der Waals surface area contributed by atoms with Crippen LogP contribution in [0, 0.1) is 11.3 Å². The second-order valence-corrected chi connectivity index (χ2v) is 8.55. The van der Waals surface area contributed by atoms with Crippen LogP contribution in [0.25, 0.3) is 0 Å². The van der Waals surface area contributed by atoms with Crippen LogP contribution in [0.5, 0.6) is 0 Å². The summed E-state index contributed by atoms with van der Waals surface area (Å²) in [5.74, 6) is 0.591. The van der Waals surface area contributed by atoms with Crippen LogP contribution in [0.1, 0.15) is 65.7 Å². The van der Waals surface area contributed by atoms with Gasteiger partial charge in [-0.25, -0.2) is 0 Å². The first-order valence-electron chi connectivity index (χ1n) is 9.03. The maximum Gasteiger partial charge on any atom is 0.255 e. The Balaban J connectivity index is 1.87. The molecule has 1 aliphatic carbocycles. The predicted octanol–water partition coefficient (Wildman–Crippen LogP) is 2.56. The molecule has 0 aromatic heterocycles. The van der Waals surface area contributed by atoms with Crippen LogP contribution in [0.15, 0.2) is 0 Å². The Hall–Kier alpha value is -0.610. The fourth-order valence-corrected chi connectivity index (χ4v) is 3.73. The summed E-state index contributed by atoms with van der Waals surface area (Å²) in [5, 5.41) is 14.1. The molecule has 0 unspecified atom stereocenters. The molecule has 0 bridgehead atoms. The van der Waals surface area contributed by atoms with E-state index in [1.807, 2.05) is 4.90 Å². The number of piperidine rings is 1. The zero-order chi connectivity index (χ0) is 16.2. The molecule has 4 nitrogen and oxygen atoms in total. The van der Waals surface area contributed by atoms with Crippen molar-refractivity contribution in [3.8, 4) is 0 Å². The molecular formula is C18H34N2O2. The van der Waals surface area contributed by atoms with Gasteiger partial charge in [-0.1, -0.05) is 40.0 Å². The topological polar surface area (TPSA) is 52.6 Å². The Bertz CT molecular complexity index is 372. The lowest BCUT2D eigenvalue weighted by Gasteiger charge is -2.40. The van der Waals surface area contributed by atoms with Gasteiger partial charge in [0.1, 0.15) is 0 Å². The van der Waals surface area contributed by atoms with Gasteiger partial charge in [0.05, 0.1) is 0 Å². The van der Waals surface area contributed by atoms with E-state index < -0.39 is 5.60 Å². The average molecular weight is 310 g/mol. The van der Waals surface area contributed by atoms with E-state index in [0.29, 0.717) is 18.9 Å². The minimum Gasteiger partial charge on any atom is -0.379 e. The van der Waals surface area contributed by atoms with Crippen molar-refractivity contribution in [3.63, 3.8) is 0 Å². The lowest BCUT2D eigenvalue weighted by atomic mass is 9.86. The number of aliphatic hydroxyl groups is 1. The zero-order valence-electron chi connectivity index (χ0n) is 14.7. The monoisotopic (exact) mass is 310 g/mol. The van der Waals surface area contributed by atoms with Crippen molar-refractivity contribution in [2.24, 2.45) is 11.3 Å². The fraction of sp³-hybridized carbons (Fsp3) is 0.944. The molecule has 1 saturated carbocycles. The maximum absolute atomic E-state index is 12.7. The van der Waals surface area contributed by atoms with Gasteiger partial charge in [0.2, 0.25) is 0 Å². The standard InChI is InChI=1S/C18H34N2O2/c1-17(2,3)13-19-14-18(22)10-7-11-20(16(18)21)12-15-8-5-4-6-9-15/h15,19,22H,4-14H2,1-3H3/t18-/m0/s1. The van der Waals surface area contributed by atoms with Crippen LogP contribution in [-0.4, -0.2) is 47.7 Å². The van der Waals surface area contributed by atoms with Crippen molar-refractivity contribution in [1.82, 2.24) is 10.2 Å². The van der Waals surface area contributed by atoms with E-state index in [1.54, 1.807) is 0 Å². The molecule has 1 aliphatic heterocycles. The molecule has 0 radical (unpaired) electrons. The highest BCUT2D eigenvalue weighted by molar-refractivity contribution is 5.86. The SMILES string of the molecule is CC(C)(C)CNC[C@@]1(O)CCCN(CC2CCCCC2)C1=O. The number of rotatable bonds is 5. The van der Waals surface area contributed by atoms with Gasteiger partial charge >= 0.3 is 0 Å². The number of amides is 1. The quantitative estimate of drug-likeness (QED) is 0.820. The number of carbonyl (C=O) groups is 1. The van der Waals surface area contributed by atoms with Crippen LogP contribution >= 0.6 is 0 Å². The molecule has 1 atom stereocenters. The fourth-order valence-electron chi connectivity index (χ4n) is 3.73. The molecule has 128 valence electrons. The number of nitrogens with one attached hydrogen (secondary N) is 1. The maximum atomic E-state index is 12.7. The Labute approximate surface area is 135 Å². The van der Waals surface area contributed by atoms with Gasteiger partial charge in [-0.15, -0.1) is 0 Å². The Morgan fingerprint density at radius 3 is 2.55 bits per heavy atom. The first-order valence-corrected chi connectivity index (χ1v) is 9.03. The molecule has 0 spiro atoms. The Morgan fingerprint density at radius 2 is 1.91 bits per heavy atom. The van der Waals surface area contributed by atoms with Gasteiger partial charge in [0.25, 0.3) is 5.91 Å². The van der Waals surface area contributed by atoms with E-state index in [1.165, 1.54) is 32.1 Å². The number of hydrogen-bond acceptors (Lipinski definition) is 3. The number of hydrogen-bond donors (Lipinski definition) is 2. The summed E-state index contributed by atoms with van der Waals surface area (Å²) in [7, 11) is 0. The van der Waals surface area contributed by atoms with Crippen LogP contribution in [-0.2, 0) is 4.79 Å². The Kier molecular flexibility index (Phi) is 5.89. The van der Waals surface area contributed by atoms with Gasteiger partial charge in [0, 0.05) is 26.2 Å². The molecule has 2 fully saturated rings. The van der Waals surface area contributed by atoms with Crippen molar-refractivity contribution in [2.75, 3.05) is 26.2 Å². The highest BCUT2D eigenvalue weighted by Gasteiger charge is 2.42. The molecule has 1 amide bonds. The Morgan fingerprint density at radius 1 is 1.23 bits per heavy atom. The minimum absolute atomic E-state index is 0.0502. The zero-order valence-corrected chi connectivity index (χ0v) is 14.7. The largest absolute Gasteiger partial charge is 0.379 e. The molecule has 0 aromatic carbocycles. The van der Waals surface area contributed by atoms with Gasteiger partial charge in [-0.3, -0.25) is 4.79 Å². The first-order chi connectivity index (χ1) is 10.3. The highest BCUT2D eigenvalue weighted by atomic mass is 16.3.